The summed E-state index contributed by atoms with van der Waals surface area (Å²) >= 11 is 0. The largest absolute Gasteiger partial charge is 0.481 e. The molecule has 0 aromatic carbocycles. The Morgan fingerprint density at radius 2 is 0.576 bits per heavy atom. The quantitative estimate of drug-likeness (QED) is 0.0485. The molecule has 1 rings (SSSR count). The molecule has 0 bridgehead atoms. The third-order valence-electron chi connectivity index (χ3n) is 22.3. The number of carbonyl (C=O) groups is 3. The number of ketones is 1. The standard InChI is InChI=1S/C87H168O5/c1-6-8-10-12-14-16-18-20-22-23-24-25-26-27-28-33-39-45-51-57-63-69-75-83(87(90)91)86(92-81(5)88)77-71-65-59-53-47-41-35-38-44-50-56-62-68-74-82-78-84(82)79(3)72-66-60-54-48-42-36-32-29-30-34-40-46-52-58-64-70-76-85(89)80(4)73-67-61-55-49-43-37-31-21-19-17-15-13-11-9-7-2/h79-80,82-84,86H,6-78H2,1-5H3,(H,90,91)/t79-,80+,82+,83?,84?,86+/m0/s1. The molecule has 5 heteroatoms. The van der Waals surface area contributed by atoms with Gasteiger partial charge in [0.05, 0.1) is 5.92 Å². The molecular formula is C87H168O5. The zero-order chi connectivity index (χ0) is 66.5. The predicted octanol–water partition coefficient (Wildman–Crippen LogP) is 30.2. The van der Waals surface area contributed by atoms with Gasteiger partial charge in [-0.3, -0.25) is 14.4 Å². The van der Waals surface area contributed by atoms with Crippen molar-refractivity contribution in [2.24, 2.45) is 29.6 Å². The van der Waals surface area contributed by atoms with E-state index in [4.69, 9.17) is 4.74 Å². The fraction of sp³-hybridized carbons (Fsp3) is 0.966. The minimum Gasteiger partial charge on any atom is -0.481 e. The average molecular weight is 1290 g/mol. The summed E-state index contributed by atoms with van der Waals surface area (Å²) < 4.78 is 5.65. The second kappa shape index (κ2) is 70.9. The Morgan fingerprint density at radius 3 is 0.870 bits per heavy atom. The van der Waals surface area contributed by atoms with Gasteiger partial charge in [-0.1, -0.05) is 451 Å². The zero-order valence-corrected chi connectivity index (χ0v) is 63.7. The van der Waals surface area contributed by atoms with Crippen molar-refractivity contribution in [3.8, 4) is 0 Å². The summed E-state index contributed by atoms with van der Waals surface area (Å²) in [7, 11) is 0. The van der Waals surface area contributed by atoms with Crippen LogP contribution in [0.5, 0.6) is 0 Å². The lowest BCUT2D eigenvalue weighted by Gasteiger charge is -2.24. The fourth-order valence-corrected chi connectivity index (χ4v) is 15.7. The zero-order valence-electron chi connectivity index (χ0n) is 63.7. The first-order valence-electron chi connectivity index (χ1n) is 43.1. The van der Waals surface area contributed by atoms with Crippen molar-refractivity contribution in [1.29, 1.82) is 0 Å². The van der Waals surface area contributed by atoms with Gasteiger partial charge >= 0.3 is 11.9 Å². The Bertz CT molecular complexity index is 1510. The monoisotopic (exact) mass is 1290 g/mol. The summed E-state index contributed by atoms with van der Waals surface area (Å²) in [6, 6.07) is 0. The molecule has 5 nitrogen and oxygen atoms in total. The second-order valence-corrected chi connectivity index (χ2v) is 31.4. The summed E-state index contributed by atoms with van der Waals surface area (Å²) in [6.07, 6.45) is 97.3. The van der Waals surface area contributed by atoms with Crippen molar-refractivity contribution in [2.45, 2.75) is 509 Å². The normalized spacial score (nSPS) is 15.3. The van der Waals surface area contributed by atoms with E-state index in [2.05, 4.69) is 27.7 Å². The highest BCUT2D eigenvalue weighted by Crippen LogP contribution is 2.49. The summed E-state index contributed by atoms with van der Waals surface area (Å²) in [5, 5.41) is 10.1. The van der Waals surface area contributed by atoms with Crippen molar-refractivity contribution in [1.82, 2.24) is 0 Å². The number of hydrogen-bond donors (Lipinski definition) is 1. The number of unbranched alkanes of at least 4 members (excludes halogenated alkanes) is 62. The number of rotatable bonds is 79. The molecule has 0 heterocycles. The van der Waals surface area contributed by atoms with Crippen LogP contribution in [0.2, 0.25) is 0 Å². The van der Waals surface area contributed by atoms with Crippen LogP contribution in [0.1, 0.15) is 503 Å². The Balaban J connectivity index is 1.85. The molecule has 0 amide bonds. The van der Waals surface area contributed by atoms with Gasteiger partial charge in [-0.25, -0.2) is 0 Å². The first kappa shape index (κ1) is 88.6. The number of carboxylic acids is 1. The van der Waals surface area contributed by atoms with E-state index < -0.39 is 18.0 Å². The topological polar surface area (TPSA) is 80.7 Å². The van der Waals surface area contributed by atoms with Crippen molar-refractivity contribution < 1.29 is 24.2 Å². The molecule has 0 saturated heterocycles. The first-order valence-corrected chi connectivity index (χ1v) is 43.1. The number of carboxylic acid groups (broad SMARTS) is 1. The molecule has 0 aromatic rings. The minimum absolute atomic E-state index is 0.279. The summed E-state index contributed by atoms with van der Waals surface area (Å²) in [5.74, 6) is 2.10. The highest BCUT2D eigenvalue weighted by Gasteiger charge is 2.39. The highest BCUT2D eigenvalue weighted by molar-refractivity contribution is 5.80. The van der Waals surface area contributed by atoms with E-state index in [1.165, 1.54) is 418 Å². The third-order valence-corrected chi connectivity index (χ3v) is 22.3. The molecule has 1 aliphatic carbocycles. The lowest BCUT2D eigenvalue weighted by atomic mass is 9.91. The molecule has 1 fully saturated rings. The maximum absolute atomic E-state index is 12.7. The number of ether oxygens (including phenoxy) is 1. The smallest absolute Gasteiger partial charge is 0.310 e. The molecule has 2 unspecified atom stereocenters. The molecule has 0 radical (unpaired) electrons. The van der Waals surface area contributed by atoms with E-state index in [-0.39, 0.29) is 11.9 Å². The van der Waals surface area contributed by atoms with E-state index in [0.717, 1.165) is 62.7 Å². The van der Waals surface area contributed by atoms with Crippen molar-refractivity contribution in [3.05, 3.63) is 0 Å². The van der Waals surface area contributed by atoms with Crippen LogP contribution >= 0.6 is 0 Å². The van der Waals surface area contributed by atoms with E-state index in [0.29, 0.717) is 18.6 Å². The van der Waals surface area contributed by atoms with Gasteiger partial charge in [0.2, 0.25) is 0 Å². The Morgan fingerprint density at radius 1 is 0.326 bits per heavy atom. The van der Waals surface area contributed by atoms with Crippen LogP contribution < -0.4 is 0 Å². The molecule has 0 spiro atoms. The van der Waals surface area contributed by atoms with E-state index in [1.807, 2.05) is 0 Å². The van der Waals surface area contributed by atoms with Gasteiger partial charge in [0.15, 0.2) is 0 Å². The summed E-state index contributed by atoms with van der Waals surface area (Å²) in [5.41, 5.74) is 0. The Hall–Kier alpha value is -1.39. The van der Waals surface area contributed by atoms with Crippen molar-refractivity contribution in [3.63, 3.8) is 0 Å². The molecule has 1 saturated carbocycles. The van der Waals surface area contributed by atoms with E-state index >= 15 is 0 Å². The molecule has 1 N–H and O–H groups in total. The second-order valence-electron chi connectivity index (χ2n) is 31.4. The number of aliphatic carboxylic acids is 1. The number of hydrogen-bond acceptors (Lipinski definition) is 4. The molecule has 6 atom stereocenters. The minimum atomic E-state index is -0.801. The molecule has 0 aliphatic heterocycles. The summed E-state index contributed by atoms with van der Waals surface area (Å²) in [6.45, 7) is 10.8. The fourth-order valence-electron chi connectivity index (χ4n) is 15.7. The molecule has 1 aliphatic rings. The van der Waals surface area contributed by atoms with Crippen molar-refractivity contribution in [2.75, 3.05) is 0 Å². The van der Waals surface area contributed by atoms with Gasteiger partial charge < -0.3 is 9.84 Å². The van der Waals surface area contributed by atoms with Crippen LogP contribution in [0, 0.1) is 29.6 Å². The molecule has 546 valence electrons. The third kappa shape index (κ3) is 62.2. The molecule has 92 heavy (non-hydrogen) atoms. The van der Waals surface area contributed by atoms with Gasteiger partial charge in [-0.2, -0.15) is 0 Å². The Labute approximate surface area is 578 Å². The first-order chi connectivity index (χ1) is 45.2. The van der Waals surface area contributed by atoms with Crippen LogP contribution in [-0.2, 0) is 19.1 Å². The van der Waals surface area contributed by atoms with Gasteiger partial charge in [0.25, 0.3) is 0 Å². The van der Waals surface area contributed by atoms with Crippen LogP contribution in [0.15, 0.2) is 0 Å². The van der Waals surface area contributed by atoms with E-state index in [1.54, 1.807) is 0 Å². The molecule has 0 aromatic heterocycles. The van der Waals surface area contributed by atoms with E-state index in [9.17, 15) is 19.5 Å². The van der Waals surface area contributed by atoms with Crippen LogP contribution in [-0.4, -0.2) is 28.9 Å². The van der Waals surface area contributed by atoms with Gasteiger partial charge in [-0.05, 0) is 56.3 Å². The summed E-state index contributed by atoms with van der Waals surface area (Å²) in [4.78, 5) is 37.0. The lowest BCUT2D eigenvalue weighted by Crippen LogP contribution is -2.32. The average Bonchev–Trinajstić information content (AvgIpc) is 1.81. The van der Waals surface area contributed by atoms with Crippen LogP contribution in [0.3, 0.4) is 0 Å². The number of esters is 1. The maximum atomic E-state index is 12.7. The van der Waals surface area contributed by atoms with Gasteiger partial charge in [-0.15, -0.1) is 0 Å². The van der Waals surface area contributed by atoms with Crippen molar-refractivity contribution >= 4 is 17.7 Å². The lowest BCUT2D eigenvalue weighted by molar-refractivity contribution is -0.158. The number of carbonyl (C=O) groups excluding carboxylic acids is 2. The van der Waals surface area contributed by atoms with Crippen LogP contribution in [0.25, 0.3) is 0 Å². The predicted molar refractivity (Wildman–Crippen MR) is 405 cm³/mol. The molecular weight excluding hydrogens is 1120 g/mol. The SMILES string of the molecule is CCCCCCCCCCCCCCCCCCCCCCCCC(C(=O)O)[C@@H](CCCCCCCCCCCCCCC[C@@H]1CC1[C@@H](C)CCCCCCCCCCCCCCCCCCC(=O)[C@H](C)CCCCCCCCCCCCCCCCC)OC(C)=O. The maximum Gasteiger partial charge on any atom is 0.310 e. The van der Waals surface area contributed by atoms with Gasteiger partial charge in [0, 0.05) is 19.3 Å². The van der Waals surface area contributed by atoms with Crippen LogP contribution in [0.4, 0.5) is 0 Å². The van der Waals surface area contributed by atoms with Gasteiger partial charge in [0.1, 0.15) is 11.9 Å². The highest BCUT2D eigenvalue weighted by atomic mass is 16.5. The Kier molecular flexibility index (Phi) is 68.3. The number of Topliss-reactive ketones (excluding diaryl/α,β-unsaturated/α-hetero) is 1.